The molecule has 0 fully saturated rings. The van der Waals surface area contributed by atoms with Crippen molar-refractivity contribution in [1.29, 1.82) is 0 Å². The maximum atomic E-state index is 12.7. The first-order valence-corrected chi connectivity index (χ1v) is 9.45. The smallest absolute Gasteiger partial charge is 0.310 e. The summed E-state index contributed by atoms with van der Waals surface area (Å²) in [6, 6.07) is 11.5. The number of non-ortho nitro benzene ring substituents is 1. The van der Waals surface area contributed by atoms with E-state index < -0.39 is 37.5 Å². The number of fused-ring (bicyclic) bond motifs is 1. The molecule has 16 heteroatoms. The molecule has 3 aromatic carbocycles. The van der Waals surface area contributed by atoms with E-state index in [-0.39, 0.29) is 16.7 Å². The fourth-order valence-corrected chi connectivity index (χ4v) is 3.10. The van der Waals surface area contributed by atoms with Crippen LogP contribution in [0.25, 0.3) is 16.7 Å². The van der Waals surface area contributed by atoms with Crippen LogP contribution in [0, 0.1) is 35.6 Å². The lowest BCUT2D eigenvalue weighted by molar-refractivity contribution is -0.664. The summed E-state index contributed by atoms with van der Waals surface area (Å²) in [7, 11) is 0. The summed E-state index contributed by atoms with van der Waals surface area (Å²) in [6.07, 6.45) is 0. The van der Waals surface area contributed by atoms with Crippen molar-refractivity contribution < 1.29 is 19.6 Å². The molecule has 0 N–H and O–H groups in total. The van der Waals surface area contributed by atoms with E-state index in [9.17, 15) is 35.6 Å². The molecule has 170 valence electrons. The van der Waals surface area contributed by atoms with E-state index in [1.807, 2.05) is 0 Å². The van der Waals surface area contributed by atoms with Crippen molar-refractivity contribution in [3.05, 3.63) is 95.2 Å². The SMILES string of the molecule is O=[N+]([O-])c1cc([N+](=O)[O-])c(N=Nc2ccc3nn(-c4ccc(Cl)cc4)[n+]([O-])c3c2)c([N+](=O)[O-])c1. The lowest BCUT2D eigenvalue weighted by atomic mass is 10.2. The van der Waals surface area contributed by atoms with Crippen LogP contribution in [-0.4, -0.2) is 24.7 Å². The fourth-order valence-electron chi connectivity index (χ4n) is 2.98. The van der Waals surface area contributed by atoms with Gasteiger partial charge < -0.3 is 5.21 Å². The van der Waals surface area contributed by atoms with Gasteiger partial charge in [-0.1, -0.05) is 11.6 Å². The molecule has 0 amide bonds. The van der Waals surface area contributed by atoms with Crippen molar-refractivity contribution in [2.24, 2.45) is 10.2 Å². The van der Waals surface area contributed by atoms with Gasteiger partial charge in [0, 0.05) is 11.1 Å². The molecule has 0 radical (unpaired) electrons. The Balaban J connectivity index is 1.79. The molecule has 34 heavy (non-hydrogen) atoms. The molecular weight excluding hydrogens is 476 g/mol. The predicted octanol–water partition coefficient (Wildman–Crippen LogP) is 4.45. The van der Waals surface area contributed by atoms with E-state index in [1.54, 1.807) is 24.3 Å². The Bertz CT molecular complexity index is 1480. The molecule has 0 unspecified atom stereocenters. The predicted molar refractivity (Wildman–Crippen MR) is 116 cm³/mol. The van der Waals surface area contributed by atoms with Crippen molar-refractivity contribution in [3.8, 4) is 5.69 Å². The molecule has 1 aromatic heterocycles. The number of aromatic nitrogens is 3. The summed E-state index contributed by atoms with van der Waals surface area (Å²) >= 11 is 5.85. The Kier molecular flexibility index (Phi) is 5.52. The summed E-state index contributed by atoms with van der Waals surface area (Å²) in [4.78, 5) is 32.1. The largest absolute Gasteiger partial charge is 0.692 e. The third-order valence-corrected chi connectivity index (χ3v) is 4.77. The van der Waals surface area contributed by atoms with Gasteiger partial charge in [-0.3, -0.25) is 30.3 Å². The van der Waals surface area contributed by atoms with Crippen LogP contribution in [-0.2, 0) is 0 Å². The molecule has 0 spiro atoms. The van der Waals surface area contributed by atoms with Gasteiger partial charge in [-0.25, -0.2) is 0 Å². The number of halogens is 1. The highest BCUT2D eigenvalue weighted by atomic mass is 35.5. The van der Waals surface area contributed by atoms with E-state index in [4.69, 9.17) is 11.6 Å². The Morgan fingerprint density at radius 2 is 1.47 bits per heavy atom. The van der Waals surface area contributed by atoms with Crippen LogP contribution in [0.2, 0.25) is 5.02 Å². The normalized spacial score (nSPS) is 11.2. The number of nitro groups is 3. The van der Waals surface area contributed by atoms with E-state index in [0.717, 1.165) is 4.80 Å². The Morgan fingerprint density at radius 3 is 2.03 bits per heavy atom. The second kappa shape index (κ2) is 8.47. The first-order valence-electron chi connectivity index (χ1n) is 9.07. The van der Waals surface area contributed by atoms with Crippen molar-refractivity contribution in [2.45, 2.75) is 0 Å². The average molecular weight is 485 g/mol. The number of nitrogens with zero attached hydrogens (tertiary/aromatic N) is 8. The average Bonchev–Trinajstić information content (AvgIpc) is 3.13. The Morgan fingerprint density at radius 1 is 0.853 bits per heavy atom. The van der Waals surface area contributed by atoms with Crippen LogP contribution in [0.5, 0.6) is 0 Å². The standard InChI is InChI=1S/C18H9ClN8O7/c19-10-1-4-12(5-2-10)23-22-14-6-3-11(7-15(14)24(23)28)20-21-18-16(26(31)32)8-13(25(29)30)9-17(18)27(33)34/h1-9H. The van der Waals surface area contributed by atoms with Crippen LogP contribution in [0.15, 0.2) is 64.8 Å². The molecule has 0 saturated heterocycles. The Hall–Kier alpha value is -5.05. The van der Waals surface area contributed by atoms with E-state index in [1.165, 1.54) is 18.2 Å². The third kappa shape index (κ3) is 4.05. The molecular formula is C18H9ClN8O7. The maximum Gasteiger partial charge on any atom is 0.310 e. The minimum Gasteiger partial charge on any atom is -0.692 e. The van der Waals surface area contributed by atoms with Crippen molar-refractivity contribution in [3.63, 3.8) is 0 Å². The van der Waals surface area contributed by atoms with Crippen LogP contribution in [0.3, 0.4) is 0 Å². The van der Waals surface area contributed by atoms with Gasteiger partial charge in [0.2, 0.25) is 16.7 Å². The number of benzene rings is 3. The third-order valence-electron chi connectivity index (χ3n) is 4.52. The molecule has 15 nitrogen and oxygen atoms in total. The molecule has 0 aliphatic heterocycles. The van der Waals surface area contributed by atoms with Gasteiger partial charge in [-0.05, 0) is 41.2 Å². The highest BCUT2D eigenvalue weighted by Gasteiger charge is 2.31. The van der Waals surface area contributed by atoms with Gasteiger partial charge in [-0.2, -0.15) is 0 Å². The molecule has 1 heterocycles. The highest BCUT2D eigenvalue weighted by molar-refractivity contribution is 6.30. The summed E-state index contributed by atoms with van der Waals surface area (Å²) in [5, 5.41) is 58.4. The van der Waals surface area contributed by atoms with Crippen LogP contribution < -0.4 is 4.85 Å². The van der Waals surface area contributed by atoms with Gasteiger partial charge in [0.05, 0.1) is 37.7 Å². The molecule has 0 saturated carbocycles. The van der Waals surface area contributed by atoms with Gasteiger partial charge in [0.1, 0.15) is 5.69 Å². The highest BCUT2D eigenvalue weighted by Crippen LogP contribution is 2.41. The number of azo groups is 1. The minimum atomic E-state index is -1.04. The van der Waals surface area contributed by atoms with Crippen LogP contribution in [0.4, 0.5) is 28.4 Å². The molecule has 0 aliphatic rings. The quantitative estimate of drug-likeness (QED) is 0.125. The topological polar surface area (TPSA) is 199 Å². The van der Waals surface area contributed by atoms with Gasteiger partial charge in [-0.15, -0.1) is 15.1 Å². The molecule has 0 atom stereocenters. The van der Waals surface area contributed by atoms with E-state index in [0.29, 0.717) is 27.7 Å². The van der Waals surface area contributed by atoms with Crippen molar-refractivity contribution >= 4 is 51.1 Å². The van der Waals surface area contributed by atoms with Crippen molar-refractivity contribution in [2.75, 3.05) is 0 Å². The van der Waals surface area contributed by atoms with Crippen LogP contribution in [0.1, 0.15) is 0 Å². The lowest BCUT2D eigenvalue weighted by Crippen LogP contribution is -2.37. The number of hydrogen-bond donors (Lipinski definition) is 0. The second-order valence-corrected chi connectivity index (χ2v) is 7.05. The molecule has 0 bridgehead atoms. The molecule has 4 rings (SSSR count). The second-order valence-electron chi connectivity index (χ2n) is 6.62. The zero-order valence-corrected chi connectivity index (χ0v) is 17.3. The van der Waals surface area contributed by atoms with E-state index >= 15 is 0 Å². The first kappa shape index (κ1) is 22.2. The first-order chi connectivity index (χ1) is 16.2. The maximum absolute atomic E-state index is 12.7. The minimum absolute atomic E-state index is 0.0229. The zero-order chi connectivity index (χ0) is 24.6. The summed E-state index contributed by atoms with van der Waals surface area (Å²) in [5.74, 6) is 0. The number of nitro benzene ring substituents is 3. The number of rotatable bonds is 6. The van der Waals surface area contributed by atoms with Crippen LogP contribution >= 0.6 is 11.6 Å². The Labute approximate surface area is 192 Å². The molecule has 0 aliphatic carbocycles. The van der Waals surface area contributed by atoms with Crippen molar-refractivity contribution in [1.82, 2.24) is 9.90 Å². The molecule has 4 aromatic rings. The summed E-state index contributed by atoms with van der Waals surface area (Å²) in [5.41, 5.74) is -2.77. The van der Waals surface area contributed by atoms with Gasteiger partial charge in [0.25, 0.3) is 5.69 Å². The summed E-state index contributed by atoms with van der Waals surface area (Å²) < 4.78 is 0. The lowest BCUT2D eigenvalue weighted by Gasteiger charge is -2.03. The zero-order valence-electron chi connectivity index (χ0n) is 16.5. The monoisotopic (exact) mass is 484 g/mol. The summed E-state index contributed by atoms with van der Waals surface area (Å²) in [6.45, 7) is 0. The van der Waals surface area contributed by atoms with Gasteiger partial charge in [0.15, 0.2) is 0 Å². The van der Waals surface area contributed by atoms with E-state index in [2.05, 4.69) is 15.3 Å². The fraction of sp³-hybridized carbons (Fsp3) is 0. The number of hydrogen-bond acceptors (Lipinski definition) is 10. The van der Waals surface area contributed by atoms with Gasteiger partial charge >= 0.3 is 11.4 Å².